The number of pyridine rings is 1. The number of ether oxygens (including phenoxy) is 1. The molecule has 1 heterocycles. The van der Waals surface area contributed by atoms with E-state index in [-0.39, 0.29) is 11.3 Å². The van der Waals surface area contributed by atoms with Crippen LogP contribution in [0.15, 0.2) is 42.5 Å². The highest BCUT2D eigenvalue weighted by Crippen LogP contribution is 2.29. The Morgan fingerprint density at radius 3 is 2.65 bits per heavy atom. The molecule has 0 radical (unpaired) electrons. The molecule has 0 spiro atoms. The largest absolute Gasteiger partial charge is 0.494 e. The third-order valence-electron chi connectivity index (χ3n) is 3.51. The lowest BCUT2D eigenvalue weighted by atomic mass is 10.0. The number of nitrogens with two attached hydrogens (primary N) is 1. The van der Waals surface area contributed by atoms with Gasteiger partial charge in [-0.1, -0.05) is 0 Å². The van der Waals surface area contributed by atoms with Gasteiger partial charge in [-0.3, -0.25) is 0 Å². The van der Waals surface area contributed by atoms with E-state index in [2.05, 4.69) is 4.98 Å². The first-order valence-corrected chi connectivity index (χ1v) is 6.77. The number of hydrogen-bond acceptors (Lipinski definition) is 4. The molecule has 0 amide bonds. The number of carbonyl (C=O) groups is 1. The van der Waals surface area contributed by atoms with Crippen LogP contribution >= 0.6 is 0 Å². The summed E-state index contributed by atoms with van der Waals surface area (Å²) in [4.78, 5) is 15.9. The number of nitrogens with zero attached hydrogens (tertiary/aromatic N) is 1. The summed E-state index contributed by atoms with van der Waals surface area (Å²) in [7, 11) is 1.37. The van der Waals surface area contributed by atoms with Gasteiger partial charge in [0.2, 0.25) is 0 Å². The van der Waals surface area contributed by atoms with E-state index in [0.29, 0.717) is 27.8 Å². The second kappa shape index (κ2) is 5.57. The van der Waals surface area contributed by atoms with Gasteiger partial charge in [-0.25, -0.2) is 14.2 Å². The van der Waals surface area contributed by atoms with Gasteiger partial charge in [-0.15, -0.1) is 0 Å². The van der Waals surface area contributed by atoms with Crippen molar-refractivity contribution >= 4 is 22.6 Å². The molecule has 0 atom stereocenters. The molecule has 0 saturated carbocycles. The Labute approximate surface area is 131 Å². The molecule has 23 heavy (non-hydrogen) atoms. The Kier molecular flexibility index (Phi) is 3.57. The molecular weight excluding hydrogens is 299 g/mol. The maximum atomic E-state index is 13.9. The van der Waals surface area contributed by atoms with Crippen LogP contribution in [0.1, 0.15) is 10.4 Å². The Hall–Kier alpha value is -3.15. The molecule has 0 aliphatic heterocycles. The molecule has 2 aromatic carbocycles. The number of aromatic carboxylic acids is 1. The summed E-state index contributed by atoms with van der Waals surface area (Å²) in [5.74, 6) is -1.53. The van der Waals surface area contributed by atoms with E-state index in [4.69, 9.17) is 10.5 Å². The van der Waals surface area contributed by atoms with Crippen molar-refractivity contribution in [2.24, 2.45) is 0 Å². The van der Waals surface area contributed by atoms with Gasteiger partial charge in [0.25, 0.3) is 0 Å². The summed E-state index contributed by atoms with van der Waals surface area (Å²) in [6.45, 7) is 0. The Balaban J connectivity index is 2.24. The number of methoxy groups -OCH3 is 1. The summed E-state index contributed by atoms with van der Waals surface area (Å²) in [6.07, 6.45) is 0. The molecule has 3 N–H and O–H groups in total. The minimum absolute atomic E-state index is 0.0635. The zero-order chi connectivity index (χ0) is 16.6. The Morgan fingerprint density at radius 1 is 1.22 bits per heavy atom. The van der Waals surface area contributed by atoms with Crippen molar-refractivity contribution in [3.63, 3.8) is 0 Å². The lowest BCUT2D eigenvalue weighted by Gasteiger charge is -2.09. The van der Waals surface area contributed by atoms with Crippen LogP contribution in [0.4, 0.5) is 10.1 Å². The SMILES string of the molecule is COc1ccc(-c2cc(C(=O)O)c3cc(N)ccc3n2)cc1F. The van der Waals surface area contributed by atoms with Crippen molar-refractivity contribution in [2.45, 2.75) is 0 Å². The maximum Gasteiger partial charge on any atom is 0.336 e. The summed E-state index contributed by atoms with van der Waals surface area (Å²) < 4.78 is 18.8. The number of rotatable bonds is 3. The van der Waals surface area contributed by atoms with E-state index in [1.54, 1.807) is 24.3 Å². The Morgan fingerprint density at radius 2 is 2.00 bits per heavy atom. The van der Waals surface area contributed by atoms with Crippen LogP contribution in [-0.2, 0) is 0 Å². The molecule has 0 bridgehead atoms. The zero-order valence-electron chi connectivity index (χ0n) is 12.2. The number of aromatic nitrogens is 1. The average Bonchev–Trinajstić information content (AvgIpc) is 2.53. The molecular formula is C17H13FN2O3. The third-order valence-corrected chi connectivity index (χ3v) is 3.51. The van der Waals surface area contributed by atoms with Crippen LogP contribution in [0.2, 0.25) is 0 Å². The fourth-order valence-corrected chi connectivity index (χ4v) is 2.39. The van der Waals surface area contributed by atoms with Crippen LogP contribution < -0.4 is 10.5 Å². The first-order chi connectivity index (χ1) is 11.0. The normalized spacial score (nSPS) is 10.7. The maximum absolute atomic E-state index is 13.9. The highest BCUT2D eigenvalue weighted by atomic mass is 19.1. The highest BCUT2D eigenvalue weighted by Gasteiger charge is 2.14. The number of hydrogen-bond donors (Lipinski definition) is 2. The van der Waals surface area contributed by atoms with Crippen molar-refractivity contribution in [2.75, 3.05) is 12.8 Å². The second-order valence-electron chi connectivity index (χ2n) is 4.99. The van der Waals surface area contributed by atoms with E-state index >= 15 is 0 Å². The van der Waals surface area contributed by atoms with Gasteiger partial charge < -0.3 is 15.6 Å². The predicted molar refractivity (Wildman–Crippen MR) is 85.1 cm³/mol. The third kappa shape index (κ3) is 2.66. The van der Waals surface area contributed by atoms with E-state index in [1.807, 2.05) is 0 Å². The van der Waals surface area contributed by atoms with Crippen LogP contribution in [0.3, 0.4) is 0 Å². The number of halogens is 1. The molecule has 0 saturated heterocycles. The monoisotopic (exact) mass is 312 g/mol. The number of benzene rings is 2. The van der Waals surface area contributed by atoms with Gasteiger partial charge in [-0.05, 0) is 42.5 Å². The molecule has 3 aromatic rings. The quantitative estimate of drug-likeness (QED) is 0.725. The molecule has 0 fully saturated rings. The number of fused-ring (bicyclic) bond motifs is 1. The Bertz CT molecular complexity index is 925. The average molecular weight is 312 g/mol. The molecule has 0 unspecified atom stereocenters. The summed E-state index contributed by atoms with van der Waals surface area (Å²) in [5, 5.41) is 9.86. The van der Waals surface area contributed by atoms with E-state index < -0.39 is 11.8 Å². The molecule has 1 aromatic heterocycles. The fourth-order valence-electron chi connectivity index (χ4n) is 2.39. The van der Waals surface area contributed by atoms with E-state index in [0.717, 1.165) is 0 Å². The van der Waals surface area contributed by atoms with Gasteiger partial charge >= 0.3 is 5.97 Å². The van der Waals surface area contributed by atoms with Crippen LogP contribution in [-0.4, -0.2) is 23.2 Å². The molecule has 3 rings (SSSR count). The first kappa shape index (κ1) is 14.8. The fraction of sp³-hybridized carbons (Fsp3) is 0.0588. The topological polar surface area (TPSA) is 85.4 Å². The van der Waals surface area contributed by atoms with Crippen LogP contribution in [0.25, 0.3) is 22.2 Å². The predicted octanol–water partition coefficient (Wildman–Crippen LogP) is 3.33. The smallest absolute Gasteiger partial charge is 0.336 e. The summed E-state index contributed by atoms with van der Waals surface area (Å²) in [6, 6.07) is 10.6. The van der Waals surface area contributed by atoms with Gasteiger partial charge in [-0.2, -0.15) is 0 Å². The summed E-state index contributed by atoms with van der Waals surface area (Å²) in [5.41, 5.74) is 7.52. The van der Waals surface area contributed by atoms with Gasteiger partial charge in [0.15, 0.2) is 11.6 Å². The van der Waals surface area contributed by atoms with Crippen LogP contribution in [0.5, 0.6) is 5.75 Å². The number of anilines is 1. The van der Waals surface area contributed by atoms with E-state index in [1.165, 1.54) is 25.3 Å². The number of carboxylic acid groups (broad SMARTS) is 1. The summed E-state index contributed by atoms with van der Waals surface area (Å²) >= 11 is 0. The van der Waals surface area contributed by atoms with Gasteiger partial charge in [0.05, 0.1) is 23.9 Å². The number of nitrogen functional groups attached to an aromatic ring is 1. The van der Waals surface area contributed by atoms with Crippen LogP contribution in [0, 0.1) is 5.82 Å². The molecule has 116 valence electrons. The zero-order valence-corrected chi connectivity index (χ0v) is 12.2. The molecule has 6 heteroatoms. The number of carboxylic acids is 1. The van der Waals surface area contributed by atoms with Crippen molar-refractivity contribution in [1.82, 2.24) is 4.98 Å². The lowest BCUT2D eigenvalue weighted by Crippen LogP contribution is -2.01. The molecule has 0 aliphatic rings. The molecule has 5 nitrogen and oxygen atoms in total. The first-order valence-electron chi connectivity index (χ1n) is 6.77. The highest BCUT2D eigenvalue weighted by molar-refractivity contribution is 6.04. The van der Waals surface area contributed by atoms with Crippen molar-refractivity contribution in [3.05, 3.63) is 53.8 Å². The second-order valence-corrected chi connectivity index (χ2v) is 4.99. The van der Waals surface area contributed by atoms with Gasteiger partial charge in [0.1, 0.15) is 0 Å². The standard InChI is InChI=1S/C17H13FN2O3/c1-23-16-5-2-9(6-13(16)18)15-8-12(17(21)22)11-7-10(19)3-4-14(11)20-15/h2-8H,19H2,1H3,(H,21,22). The van der Waals surface area contributed by atoms with Crippen molar-refractivity contribution in [3.8, 4) is 17.0 Å². The molecule has 0 aliphatic carbocycles. The minimum atomic E-state index is -1.10. The lowest BCUT2D eigenvalue weighted by molar-refractivity contribution is 0.0699. The van der Waals surface area contributed by atoms with Crippen molar-refractivity contribution in [1.29, 1.82) is 0 Å². The van der Waals surface area contributed by atoms with Crippen molar-refractivity contribution < 1.29 is 19.0 Å². The van der Waals surface area contributed by atoms with E-state index in [9.17, 15) is 14.3 Å². The minimum Gasteiger partial charge on any atom is -0.494 e. The van der Waals surface area contributed by atoms with Gasteiger partial charge in [0, 0.05) is 16.6 Å².